The summed E-state index contributed by atoms with van der Waals surface area (Å²) < 4.78 is 17.7. The molecule has 0 unspecified atom stereocenters. The molecule has 0 amide bonds. The topological polar surface area (TPSA) is 105 Å². The van der Waals surface area contributed by atoms with Crippen LogP contribution in [0.1, 0.15) is 195 Å². The van der Waals surface area contributed by atoms with Gasteiger partial charge in [0, 0.05) is 7.26 Å². The maximum atomic E-state index is 10.9. The van der Waals surface area contributed by atoms with Gasteiger partial charge in [-0.2, -0.15) is 0 Å². The Morgan fingerprint density at radius 1 is 0.375 bits per heavy atom. The highest BCUT2D eigenvalue weighted by molar-refractivity contribution is 7.75. The lowest BCUT2D eigenvalue weighted by molar-refractivity contribution is -0.177. The first-order valence-electron chi connectivity index (χ1n) is 20.1. The molecule has 0 saturated carbocycles. The fourth-order valence-corrected chi connectivity index (χ4v) is 11.7. The van der Waals surface area contributed by atoms with E-state index in [4.69, 9.17) is 0 Å². The van der Waals surface area contributed by atoms with Gasteiger partial charge in [-0.15, -0.1) is 0 Å². The van der Waals surface area contributed by atoms with Crippen molar-refractivity contribution in [1.82, 2.24) is 0 Å². The van der Waals surface area contributed by atoms with Gasteiger partial charge in [-0.25, -0.2) is 0 Å². The average molecular weight is 699 g/mol. The molecule has 280 valence electrons. The molecule has 2 heterocycles. The van der Waals surface area contributed by atoms with Gasteiger partial charge in [0.15, 0.2) is 0 Å². The summed E-state index contributed by atoms with van der Waals surface area (Å²) in [6.07, 6.45) is 40.9. The van der Waals surface area contributed by atoms with Crippen molar-refractivity contribution in [2.75, 3.05) is 24.6 Å². The van der Waals surface area contributed by atoms with Gasteiger partial charge < -0.3 is 18.6 Å². The molecular formula is C38H72BO8P. The molecule has 2 aliphatic rings. The Balaban J connectivity index is 0.000000628. The molecule has 8 nitrogen and oxygen atoms in total. The number of hydrogen-bond acceptors (Lipinski definition) is 8. The molecule has 0 aromatic rings. The summed E-state index contributed by atoms with van der Waals surface area (Å²) in [6.45, 7) is 6.05. The fraction of sp³-hybridized carbons (Fsp3) is 0.895. The van der Waals surface area contributed by atoms with E-state index in [0.29, 0.717) is 0 Å². The van der Waals surface area contributed by atoms with Crippen LogP contribution >= 0.6 is 7.26 Å². The smallest absolute Gasteiger partial charge is 0.584 e. The normalized spacial score (nSPS) is 15.8. The van der Waals surface area contributed by atoms with E-state index in [2.05, 4.69) is 46.3 Å². The number of rotatable bonds is 28. The third kappa shape index (κ3) is 21.5. The van der Waals surface area contributed by atoms with Gasteiger partial charge in [-0.1, -0.05) is 130 Å². The largest absolute Gasteiger partial charge is 0.784 e. The van der Waals surface area contributed by atoms with Crippen molar-refractivity contribution in [2.45, 2.75) is 195 Å². The van der Waals surface area contributed by atoms with Gasteiger partial charge in [0.05, 0.1) is 24.6 Å². The zero-order chi connectivity index (χ0) is 35.4. The summed E-state index contributed by atoms with van der Waals surface area (Å²) >= 11 is 0. The molecule has 2 saturated heterocycles. The monoisotopic (exact) mass is 699 g/mol. The highest BCUT2D eigenvalue weighted by atomic mass is 31.2. The van der Waals surface area contributed by atoms with Crippen LogP contribution in [0.25, 0.3) is 0 Å². The minimum absolute atomic E-state index is 0.612. The van der Waals surface area contributed by atoms with E-state index in [0.717, 1.165) is 0 Å². The van der Waals surface area contributed by atoms with Crippen molar-refractivity contribution in [3.63, 3.8) is 0 Å². The predicted octanol–water partition coefficient (Wildman–Crippen LogP) is 10.8. The molecule has 0 aliphatic carbocycles. The maximum absolute atomic E-state index is 10.9. The van der Waals surface area contributed by atoms with Crippen molar-refractivity contribution >= 4 is 38.1 Å². The third-order valence-corrected chi connectivity index (χ3v) is 14.7. The molecule has 1 spiro atoms. The molecule has 0 bridgehead atoms. The van der Waals surface area contributed by atoms with Gasteiger partial charge in [-0.3, -0.25) is 19.2 Å². The van der Waals surface area contributed by atoms with Crippen molar-refractivity contribution in [3.05, 3.63) is 0 Å². The minimum atomic E-state index is -3.36. The predicted molar refractivity (Wildman–Crippen MR) is 199 cm³/mol. The zero-order valence-electron chi connectivity index (χ0n) is 31.5. The fourth-order valence-electron chi connectivity index (χ4n) is 6.77. The summed E-state index contributed by atoms with van der Waals surface area (Å²) in [5, 5.41) is 0. The second-order valence-corrected chi connectivity index (χ2v) is 18.7. The lowest BCUT2D eigenvalue weighted by atomic mass is 10.0. The Morgan fingerprint density at radius 2 is 0.583 bits per heavy atom. The zero-order valence-corrected chi connectivity index (χ0v) is 32.4. The van der Waals surface area contributed by atoms with Crippen LogP contribution in [0.4, 0.5) is 0 Å². The Morgan fingerprint density at radius 3 is 0.833 bits per heavy atom. The van der Waals surface area contributed by atoms with Crippen LogP contribution in [0.15, 0.2) is 0 Å². The molecular weight excluding hydrogens is 626 g/mol. The second-order valence-electron chi connectivity index (χ2n) is 14.2. The highest BCUT2D eigenvalue weighted by Crippen LogP contribution is 2.61. The van der Waals surface area contributed by atoms with E-state index in [-0.39, 0.29) is 0 Å². The second kappa shape index (κ2) is 28.1. The van der Waals surface area contributed by atoms with Crippen molar-refractivity contribution in [1.29, 1.82) is 0 Å². The summed E-state index contributed by atoms with van der Waals surface area (Å²) in [5.41, 5.74) is 0. The van der Waals surface area contributed by atoms with Gasteiger partial charge in [-0.05, 0) is 51.4 Å². The molecule has 0 radical (unpaired) electrons. The molecule has 2 rings (SSSR count). The maximum Gasteiger partial charge on any atom is 0.784 e. The van der Waals surface area contributed by atoms with E-state index in [1.54, 1.807) is 50.3 Å². The number of hydrogen-bond donors (Lipinski definition) is 0. The quantitative estimate of drug-likeness (QED) is 0.0344. The molecule has 10 heteroatoms. The summed E-state index contributed by atoms with van der Waals surface area (Å²) in [4.78, 5) is 43.5. The van der Waals surface area contributed by atoms with Crippen molar-refractivity contribution in [3.8, 4) is 0 Å². The number of carbonyl (C=O) groups excluding carboxylic acids is 4. The lowest BCUT2D eigenvalue weighted by Gasteiger charge is -2.42. The van der Waals surface area contributed by atoms with E-state index < -0.39 is 50.9 Å². The van der Waals surface area contributed by atoms with E-state index >= 15 is 0 Å². The van der Waals surface area contributed by atoms with Crippen LogP contribution in [0.3, 0.4) is 0 Å². The first-order chi connectivity index (χ1) is 23.2. The van der Waals surface area contributed by atoms with E-state index in [1.165, 1.54) is 128 Å². The van der Waals surface area contributed by atoms with Crippen LogP contribution in [-0.2, 0) is 37.8 Å². The summed E-state index contributed by atoms with van der Waals surface area (Å²) in [7, 11) is -0.697. The number of carbonyl (C=O) groups is 4. The summed E-state index contributed by atoms with van der Waals surface area (Å²) in [5.74, 6) is -3.91. The Bertz CT molecular complexity index is 780. The van der Waals surface area contributed by atoms with Crippen LogP contribution in [-0.4, -0.2) is 55.5 Å². The Hall–Kier alpha value is -1.63. The molecule has 0 atom stereocenters. The summed E-state index contributed by atoms with van der Waals surface area (Å²) in [6, 6.07) is 0. The lowest BCUT2D eigenvalue weighted by Crippen LogP contribution is -2.59. The molecule has 0 aromatic carbocycles. The van der Waals surface area contributed by atoms with Gasteiger partial charge in [0.25, 0.3) is 23.9 Å². The third-order valence-electron chi connectivity index (χ3n) is 9.62. The van der Waals surface area contributed by atoms with Crippen LogP contribution in [0.2, 0.25) is 0 Å². The van der Waals surface area contributed by atoms with Gasteiger partial charge >= 0.3 is 6.96 Å². The first kappa shape index (κ1) is 44.4. The van der Waals surface area contributed by atoms with Crippen LogP contribution < -0.4 is 0 Å². The minimum Gasteiger partial charge on any atom is -0.584 e. The molecule has 0 N–H and O–H groups in total. The standard InChI is InChI=1S/C32H68P.C6H4BO8/c1-5-9-13-17-18-19-20-21-22-23-24-28-32-33(29-25-14-10-6-2,30-26-15-11-7-3)31-27-16-12-8-4;8-3-1-4(9)13-7(12-3)14-5(10)2-6(11)15-7/h5-32H2,1-4H3;1-2H2/q+1;-1. The van der Waals surface area contributed by atoms with E-state index in [1.807, 2.05) is 0 Å². The SMILES string of the molecule is CCCCCCCCCCCCCC[P+](CCCCCC)(CCCCCC)CCCCCC.O=C1CC(=O)O[B-]2(O1)OC(=O)CC(=O)O2. The number of unbranched alkanes of at least 4 members (excludes halogenated alkanes) is 20. The van der Waals surface area contributed by atoms with Crippen molar-refractivity contribution < 1.29 is 37.8 Å². The molecule has 2 fully saturated rings. The van der Waals surface area contributed by atoms with Crippen LogP contribution in [0, 0.1) is 0 Å². The Labute approximate surface area is 294 Å². The van der Waals surface area contributed by atoms with E-state index in [9.17, 15) is 19.2 Å². The van der Waals surface area contributed by atoms with Gasteiger partial charge in [0.2, 0.25) is 0 Å². The van der Waals surface area contributed by atoms with Crippen LogP contribution in [0.5, 0.6) is 0 Å². The average Bonchev–Trinajstić information content (AvgIpc) is 3.03. The van der Waals surface area contributed by atoms with Crippen molar-refractivity contribution in [2.24, 2.45) is 0 Å². The first-order valence-corrected chi connectivity index (χ1v) is 22.6. The molecule has 48 heavy (non-hydrogen) atoms. The highest BCUT2D eigenvalue weighted by Gasteiger charge is 2.53. The Kier molecular flexibility index (Phi) is 26.0. The molecule has 0 aromatic heterocycles. The van der Waals surface area contributed by atoms with Gasteiger partial charge in [0.1, 0.15) is 12.8 Å². The molecule has 2 aliphatic heterocycles.